The zero-order valence-electron chi connectivity index (χ0n) is 8.18. The normalized spacial score (nSPS) is 11.1. The molecule has 0 aliphatic rings. The average Bonchev–Trinajstić information content (AvgIpc) is 2.20. The maximum Gasteiger partial charge on any atom is 0.574 e. The molecule has 0 atom stereocenters. The van der Waals surface area contributed by atoms with Crippen LogP contribution in [0.15, 0.2) is 6.07 Å². The third-order valence-corrected chi connectivity index (χ3v) is 1.95. The Morgan fingerprint density at radius 1 is 1.47 bits per heavy atom. The van der Waals surface area contributed by atoms with E-state index in [0.29, 0.717) is 0 Å². The minimum atomic E-state index is -4.93. The van der Waals surface area contributed by atoms with Crippen LogP contribution < -0.4 is 4.74 Å². The monoisotopic (exact) mass is 268 g/mol. The SMILES string of the molecule is N#CCc1cc(OC(F)(F)F)nc(CCl)c1F. The molecule has 0 aromatic carbocycles. The van der Waals surface area contributed by atoms with Crippen LogP contribution in [0.25, 0.3) is 0 Å². The minimum Gasteiger partial charge on any atom is -0.388 e. The van der Waals surface area contributed by atoms with E-state index in [1.165, 1.54) is 0 Å². The molecule has 0 spiro atoms. The minimum absolute atomic E-state index is 0.239. The quantitative estimate of drug-likeness (QED) is 0.625. The Morgan fingerprint density at radius 2 is 2.12 bits per heavy atom. The van der Waals surface area contributed by atoms with Crippen LogP contribution in [0.5, 0.6) is 5.88 Å². The lowest BCUT2D eigenvalue weighted by atomic mass is 10.1. The van der Waals surface area contributed by atoms with Crippen molar-refractivity contribution in [2.75, 3.05) is 0 Å². The van der Waals surface area contributed by atoms with Crippen molar-refractivity contribution in [3.8, 4) is 11.9 Å². The fraction of sp³-hybridized carbons (Fsp3) is 0.333. The second-order valence-electron chi connectivity index (χ2n) is 2.90. The first kappa shape index (κ1) is 13.5. The summed E-state index contributed by atoms with van der Waals surface area (Å²) in [5, 5.41) is 8.40. The summed E-state index contributed by atoms with van der Waals surface area (Å²) in [6.45, 7) is 0. The summed E-state index contributed by atoms with van der Waals surface area (Å²) in [6, 6.07) is 2.34. The maximum absolute atomic E-state index is 13.4. The zero-order valence-corrected chi connectivity index (χ0v) is 8.94. The van der Waals surface area contributed by atoms with Crippen LogP contribution in [0.4, 0.5) is 17.6 Å². The van der Waals surface area contributed by atoms with Gasteiger partial charge >= 0.3 is 6.36 Å². The summed E-state index contributed by atoms with van der Waals surface area (Å²) in [4.78, 5) is 3.26. The van der Waals surface area contributed by atoms with E-state index in [-0.39, 0.29) is 5.56 Å². The first-order valence-corrected chi connectivity index (χ1v) is 4.77. The number of hydrogen-bond acceptors (Lipinski definition) is 3. The number of aromatic nitrogens is 1. The molecule has 0 saturated heterocycles. The van der Waals surface area contributed by atoms with Gasteiger partial charge in [-0.05, 0) is 0 Å². The Morgan fingerprint density at radius 3 is 2.59 bits per heavy atom. The highest BCUT2D eigenvalue weighted by Gasteiger charge is 2.32. The summed E-state index contributed by atoms with van der Waals surface area (Å²) >= 11 is 5.33. The molecular weight excluding hydrogens is 264 g/mol. The number of pyridine rings is 1. The number of nitrogens with zero attached hydrogens (tertiary/aromatic N) is 2. The predicted molar refractivity (Wildman–Crippen MR) is 49.8 cm³/mol. The van der Waals surface area contributed by atoms with Gasteiger partial charge in [-0.3, -0.25) is 0 Å². The molecule has 1 heterocycles. The van der Waals surface area contributed by atoms with Gasteiger partial charge in [0.1, 0.15) is 5.82 Å². The number of hydrogen-bond donors (Lipinski definition) is 0. The number of halogens is 5. The first-order valence-electron chi connectivity index (χ1n) is 4.24. The Bertz CT molecular complexity index is 456. The first-order chi connectivity index (χ1) is 7.87. The molecule has 0 N–H and O–H groups in total. The second-order valence-corrected chi connectivity index (χ2v) is 3.16. The Labute approximate surface area is 98.6 Å². The van der Waals surface area contributed by atoms with Crippen LogP contribution in [0.2, 0.25) is 0 Å². The summed E-state index contributed by atoms with van der Waals surface area (Å²) < 4.78 is 52.8. The van der Waals surface area contributed by atoms with E-state index in [1.54, 1.807) is 6.07 Å². The van der Waals surface area contributed by atoms with Gasteiger partial charge in [-0.2, -0.15) is 5.26 Å². The van der Waals surface area contributed by atoms with Gasteiger partial charge in [0.2, 0.25) is 5.88 Å². The molecule has 3 nitrogen and oxygen atoms in total. The van der Waals surface area contributed by atoms with Gasteiger partial charge in [0, 0.05) is 11.6 Å². The molecule has 0 bridgehead atoms. The lowest BCUT2D eigenvalue weighted by molar-refractivity contribution is -0.276. The van der Waals surface area contributed by atoms with Gasteiger partial charge in [0.25, 0.3) is 0 Å². The van der Waals surface area contributed by atoms with Gasteiger partial charge in [-0.15, -0.1) is 24.8 Å². The Hall–Kier alpha value is -1.55. The van der Waals surface area contributed by atoms with Crippen LogP contribution in [-0.2, 0) is 12.3 Å². The number of nitriles is 1. The van der Waals surface area contributed by atoms with Crippen molar-refractivity contribution in [1.29, 1.82) is 5.26 Å². The maximum atomic E-state index is 13.4. The second kappa shape index (κ2) is 5.19. The van der Waals surface area contributed by atoms with Crippen LogP contribution in [0.1, 0.15) is 11.3 Å². The van der Waals surface area contributed by atoms with Gasteiger partial charge in [-0.1, -0.05) is 0 Å². The molecule has 0 aliphatic heterocycles. The third-order valence-electron chi connectivity index (χ3n) is 1.69. The lowest BCUT2D eigenvalue weighted by Crippen LogP contribution is -2.18. The molecule has 8 heteroatoms. The van der Waals surface area contributed by atoms with Gasteiger partial charge in [0.05, 0.1) is 24.1 Å². The predicted octanol–water partition coefficient (Wildman–Crippen LogP) is 2.92. The molecule has 0 radical (unpaired) electrons. The van der Waals surface area contributed by atoms with Gasteiger partial charge < -0.3 is 4.74 Å². The zero-order chi connectivity index (χ0) is 13.1. The molecule has 1 aromatic heterocycles. The van der Waals surface area contributed by atoms with E-state index in [1.807, 2.05) is 0 Å². The summed E-state index contributed by atoms with van der Waals surface area (Å²) in [6.07, 6.45) is -5.33. The molecule has 0 unspecified atom stereocenters. The third kappa shape index (κ3) is 3.75. The summed E-state index contributed by atoms with van der Waals surface area (Å²) in [5.41, 5.74) is -0.629. The van der Waals surface area contributed by atoms with Crippen LogP contribution in [0, 0.1) is 17.1 Å². The number of rotatable bonds is 3. The summed E-state index contributed by atoms with van der Waals surface area (Å²) in [5.74, 6) is -2.14. The van der Waals surface area contributed by atoms with E-state index in [2.05, 4.69) is 9.72 Å². The number of alkyl halides is 4. The molecule has 0 aliphatic carbocycles. The smallest absolute Gasteiger partial charge is 0.388 e. The van der Waals surface area contributed by atoms with Crippen molar-refractivity contribution in [3.05, 3.63) is 23.1 Å². The highest BCUT2D eigenvalue weighted by molar-refractivity contribution is 6.16. The summed E-state index contributed by atoms with van der Waals surface area (Å²) in [7, 11) is 0. The molecule has 0 fully saturated rings. The van der Waals surface area contributed by atoms with Crippen molar-refractivity contribution >= 4 is 11.6 Å². The fourth-order valence-corrected chi connectivity index (χ4v) is 1.26. The molecule has 0 saturated carbocycles. The Kier molecular flexibility index (Phi) is 4.12. The average molecular weight is 269 g/mol. The molecule has 1 aromatic rings. The number of ether oxygens (including phenoxy) is 1. The fourth-order valence-electron chi connectivity index (χ4n) is 1.09. The van der Waals surface area contributed by atoms with Crippen molar-refractivity contribution in [3.63, 3.8) is 0 Å². The van der Waals surface area contributed by atoms with Crippen LogP contribution >= 0.6 is 11.6 Å². The van der Waals surface area contributed by atoms with Crippen molar-refractivity contribution < 1.29 is 22.3 Å². The molecule has 92 valence electrons. The highest BCUT2D eigenvalue weighted by Crippen LogP contribution is 2.25. The van der Waals surface area contributed by atoms with E-state index in [9.17, 15) is 17.6 Å². The largest absolute Gasteiger partial charge is 0.574 e. The lowest BCUT2D eigenvalue weighted by Gasteiger charge is -2.10. The van der Waals surface area contributed by atoms with E-state index >= 15 is 0 Å². The van der Waals surface area contributed by atoms with Crippen LogP contribution in [-0.4, -0.2) is 11.3 Å². The van der Waals surface area contributed by atoms with Crippen molar-refractivity contribution in [1.82, 2.24) is 4.98 Å². The Balaban J connectivity index is 3.16. The van der Waals surface area contributed by atoms with E-state index in [0.717, 1.165) is 6.07 Å². The molecular formula is C9H5ClF4N2O. The standard InChI is InChI=1S/C9H5ClF4N2O/c10-4-6-8(11)5(1-2-15)3-7(16-6)17-9(12,13)14/h3H,1,4H2. The van der Waals surface area contributed by atoms with Crippen molar-refractivity contribution in [2.45, 2.75) is 18.7 Å². The van der Waals surface area contributed by atoms with Crippen molar-refractivity contribution in [2.24, 2.45) is 0 Å². The van der Waals surface area contributed by atoms with E-state index in [4.69, 9.17) is 16.9 Å². The molecule has 1 rings (SSSR count). The molecule has 0 amide bonds. The molecule has 17 heavy (non-hydrogen) atoms. The van der Waals surface area contributed by atoms with Gasteiger partial charge in [0.15, 0.2) is 0 Å². The van der Waals surface area contributed by atoms with Crippen LogP contribution in [0.3, 0.4) is 0 Å². The highest BCUT2D eigenvalue weighted by atomic mass is 35.5. The van der Waals surface area contributed by atoms with E-state index < -0.39 is 36.1 Å². The topological polar surface area (TPSA) is 45.9 Å². The van der Waals surface area contributed by atoms with Gasteiger partial charge in [-0.25, -0.2) is 9.37 Å².